The number of thioether (sulfide) groups is 1. The first-order chi connectivity index (χ1) is 10.9. The number of rotatable bonds is 1. The van der Waals surface area contributed by atoms with Crippen molar-refractivity contribution in [2.75, 3.05) is 0 Å². The standard InChI is InChI=1S/C21H16S/c1-2-9-16(10-3-1)21-18-12-6-4-8-15(18)14-20(22-21)17-11-5-7-13-19(17)21/h1-13,20H,14H2. The summed E-state index contributed by atoms with van der Waals surface area (Å²) in [4.78, 5) is 0. The average molecular weight is 300 g/mol. The molecule has 0 spiro atoms. The molecular weight excluding hydrogens is 284 g/mol. The third-order valence-corrected chi connectivity index (χ3v) is 6.72. The summed E-state index contributed by atoms with van der Waals surface area (Å²) >= 11 is 2.12. The second-order valence-electron chi connectivity index (χ2n) is 6.10. The lowest BCUT2D eigenvalue weighted by Gasteiger charge is -2.36. The Hall–Kier alpha value is -1.99. The molecule has 2 atom stereocenters. The molecule has 106 valence electrons. The van der Waals surface area contributed by atoms with Crippen molar-refractivity contribution in [1.29, 1.82) is 0 Å². The zero-order valence-corrected chi connectivity index (χ0v) is 13.0. The molecular formula is C21H16S. The van der Waals surface area contributed by atoms with Crippen molar-refractivity contribution < 1.29 is 0 Å². The SMILES string of the molecule is c1ccc(C23SC(Cc4ccccc42)c2ccccc23)cc1. The Kier molecular flexibility index (Phi) is 2.57. The maximum Gasteiger partial charge on any atom is 0.0918 e. The highest BCUT2D eigenvalue weighted by atomic mass is 32.2. The van der Waals surface area contributed by atoms with E-state index in [0.29, 0.717) is 5.25 Å². The van der Waals surface area contributed by atoms with Gasteiger partial charge in [0, 0.05) is 5.25 Å². The van der Waals surface area contributed by atoms with Gasteiger partial charge in [-0.1, -0.05) is 78.9 Å². The largest absolute Gasteiger partial charge is 0.132 e. The molecule has 3 aromatic carbocycles. The predicted octanol–water partition coefficient (Wildman–Crippen LogP) is 5.32. The summed E-state index contributed by atoms with van der Waals surface area (Å²) in [5.41, 5.74) is 7.40. The molecule has 0 nitrogen and oxygen atoms in total. The van der Waals surface area contributed by atoms with Crippen LogP contribution >= 0.6 is 11.8 Å². The second-order valence-corrected chi connectivity index (χ2v) is 7.52. The monoisotopic (exact) mass is 300 g/mol. The smallest absolute Gasteiger partial charge is 0.0918 e. The van der Waals surface area contributed by atoms with Crippen LogP contribution in [0.15, 0.2) is 78.9 Å². The van der Waals surface area contributed by atoms with Crippen LogP contribution in [0.25, 0.3) is 0 Å². The Morgan fingerprint density at radius 2 is 1.41 bits per heavy atom. The van der Waals surface area contributed by atoms with Crippen LogP contribution in [0.2, 0.25) is 0 Å². The molecule has 2 aliphatic heterocycles. The van der Waals surface area contributed by atoms with Crippen molar-refractivity contribution in [3.63, 3.8) is 0 Å². The van der Waals surface area contributed by atoms with Gasteiger partial charge in [-0.05, 0) is 34.2 Å². The van der Waals surface area contributed by atoms with E-state index >= 15 is 0 Å². The summed E-state index contributed by atoms with van der Waals surface area (Å²) in [6, 6.07) is 29.0. The van der Waals surface area contributed by atoms with Crippen LogP contribution in [0, 0.1) is 0 Å². The highest BCUT2D eigenvalue weighted by Crippen LogP contribution is 2.65. The minimum Gasteiger partial charge on any atom is -0.132 e. The molecule has 0 N–H and O–H groups in total. The Morgan fingerprint density at radius 1 is 0.727 bits per heavy atom. The number of hydrogen-bond donors (Lipinski definition) is 0. The topological polar surface area (TPSA) is 0 Å². The minimum absolute atomic E-state index is 0.0304. The molecule has 1 heteroatoms. The van der Waals surface area contributed by atoms with Crippen LogP contribution in [-0.4, -0.2) is 0 Å². The number of benzene rings is 3. The van der Waals surface area contributed by atoms with Gasteiger partial charge in [0.05, 0.1) is 4.75 Å². The number of fused-ring (bicyclic) bond motifs is 7. The van der Waals surface area contributed by atoms with Gasteiger partial charge in [0.25, 0.3) is 0 Å². The fourth-order valence-electron chi connectivity index (χ4n) is 4.09. The van der Waals surface area contributed by atoms with Gasteiger partial charge in [-0.3, -0.25) is 0 Å². The van der Waals surface area contributed by atoms with Crippen molar-refractivity contribution in [1.82, 2.24) is 0 Å². The Balaban J connectivity index is 1.90. The van der Waals surface area contributed by atoms with Gasteiger partial charge < -0.3 is 0 Å². The van der Waals surface area contributed by atoms with Crippen LogP contribution in [0.5, 0.6) is 0 Å². The van der Waals surface area contributed by atoms with Gasteiger partial charge in [-0.15, -0.1) is 11.8 Å². The van der Waals surface area contributed by atoms with Crippen LogP contribution < -0.4 is 0 Å². The molecule has 0 saturated heterocycles. The molecule has 0 fully saturated rings. The molecule has 0 aromatic heterocycles. The molecule has 2 aliphatic rings. The van der Waals surface area contributed by atoms with Crippen molar-refractivity contribution >= 4 is 11.8 Å². The van der Waals surface area contributed by atoms with Crippen molar-refractivity contribution in [3.05, 3.63) is 107 Å². The first kappa shape index (κ1) is 12.5. The first-order valence-electron chi connectivity index (χ1n) is 7.81. The molecule has 2 bridgehead atoms. The third kappa shape index (κ3) is 1.50. The lowest BCUT2D eigenvalue weighted by atomic mass is 9.82. The Morgan fingerprint density at radius 3 is 2.27 bits per heavy atom. The van der Waals surface area contributed by atoms with Gasteiger partial charge >= 0.3 is 0 Å². The zero-order chi connectivity index (χ0) is 14.6. The summed E-state index contributed by atoms with van der Waals surface area (Å²) < 4.78 is -0.0304. The molecule has 22 heavy (non-hydrogen) atoms. The first-order valence-corrected chi connectivity index (χ1v) is 8.69. The van der Waals surface area contributed by atoms with E-state index in [4.69, 9.17) is 0 Å². The van der Waals surface area contributed by atoms with E-state index in [9.17, 15) is 0 Å². The van der Waals surface area contributed by atoms with Crippen molar-refractivity contribution in [2.24, 2.45) is 0 Å². The van der Waals surface area contributed by atoms with Gasteiger partial charge in [0.2, 0.25) is 0 Å². The lowest BCUT2D eigenvalue weighted by Crippen LogP contribution is -2.26. The molecule has 0 radical (unpaired) electrons. The average Bonchev–Trinajstić information content (AvgIpc) is 2.87. The summed E-state index contributed by atoms with van der Waals surface area (Å²) in [6.45, 7) is 0. The van der Waals surface area contributed by atoms with E-state index in [-0.39, 0.29) is 4.75 Å². The normalized spacial score (nSPS) is 24.6. The zero-order valence-electron chi connectivity index (χ0n) is 12.2. The van der Waals surface area contributed by atoms with Gasteiger partial charge in [0.15, 0.2) is 0 Å². The molecule has 2 unspecified atom stereocenters. The van der Waals surface area contributed by atoms with E-state index in [2.05, 4.69) is 90.6 Å². The summed E-state index contributed by atoms with van der Waals surface area (Å²) in [7, 11) is 0. The molecule has 0 amide bonds. The van der Waals surface area contributed by atoms with Crippen LogP contribution in [0.3, 0.4) is 0 Å². The number of hydrogen-bond acceptors (Lipinski definition) is 1. The predicted molar refractivity (Wildman–Crippen MR) is 93.2 cm³/mol. The van der Waals surface area contributed by atoms with Crippen LogP contribution in [0.4, 0.5) is 0 Å². The second kappa shape index (κ2) is 4.50. The Bertz CT molecular complexity index is 840. The fraction of sp³-hybridized carbons (Fsp3) is 0.143. The van der Waals surface area contributed by atoms with E-state index in [1.165, 1.54) is 27.8 Å². The Labute approximate surface area is 135 Å². The summed E-state index contributed by atoms with van der Waals surface area (Å²) in [6.07, 6.45) is 1.15. The van der Waals surface area contributed by atoms with Gasteiger partial charge in [-0.25, -0.2) is 0 Å². The summed E-state index contributed by atoms with van der Waals surface area (Å²) in [5.74, 6) is 0. The summed E-state index contributed by atoms with van der Waals surface area (Å²) in [5, 5.41) is 0.575. The minimum atomic E-state index is -0.0304. The van der Waals surface area contributed by atoms with Gasteiger partial charge in [-0.2, -0.15) is 0 Å². The third-order valence-electron chi connectivity index (χ3n) is 4.99. The van der Waals surface area contributed by atoms with E-state index in [0.717, 1.165) is 6.42 Å². The quantitative estimate of drug-likeness (QED) is 0.586. The van der Waals surface area contributed by atoms with Crippen LogP contribution in [-0.2, 0) is 11.2 Å². The van der Waals surface area contributed by atoms with E-state index < -0.39 is 0 Å². The van der Waals surface area contributed by atoms with E-state index in [1.54, 1.807) is 0 Å². The molecule has 2 heterocycles. The molecule has 3 aromatic rings. The molecule has 5 rings (SSSR count). The van der Waals surface area contributed by atoms with E-state index in [1.807, 2.05) is 0 Å². The highest BCUT2D eigenvalue weighted by Gasteiger charge is 2.50. The fourth-order valence-corrected chi connectivity index (χ4v) is 6.03. The van der Waals surface area contributed by atoms with Crippen molar-refractivity contribution in [2.45, 2.75) is 16.4 Å². The van der Waals surface area contributed by atoms with Crippen molar-refractivity contribution in [3.8, 4) is 0 Å². The van der Waals surface area contributed by atoms with Crippen LogP contribution in [0.1, 0.15) is 33.1 Å². The maximum absolute atomic E-state index is 2.33. The maximum atomic E-state index is 2.33. The molecule has 0 aliphatic carbocycles. The molecule has 0 saturated carbocycles. The van der Waals surface area contributed by atoms with Gasteiger partial charge in [0.1, 0.15) is 0 Å². The highest BCUT2D eigenvalue weighted by molar-refractivity contribution is 8.01. The lowest BCUT2D eigenvalue weighted by molar-refractivity contribution is 0.860.